The predicted molar refractivity (Wildman–Crippen MR) is 127 cm³/mol. The van der Waals surface area contributed by atoms with Crippen molar-refractivity contribution in [1.29, 1.82) is 0 Å². The van der Waals surface area contributed by atoms with Gasteiger partial charge < -0.3 is 14.8 Å². The van der Waals surface area contributed by atoms with Crippen LogP contribution in [0.3, 0.4) is 0 Å². The van der Waals surface area contributed by atoms with Crippen molar-refractivity contribution in [3.8, 4) is 11.5 Å². The molecule has 0 aliphatic carbocycles. The molecule has 3 rings (SSSR count). The maximum Gasteiger partial charge on any atom is 0.276 e. The van der Waals surface area contributed by atoms with Crippen LogP contribution in [0.4, 0.5) is 0 Å². The SMILES string of the molecule is Cc1cc(C)cc(C(=O)NCC(=O)NNC(=O)COc2ccc(OCc3ccccc3)cc2)c1. The first-order valence-corrected chi connectivity index (χ1v) is 10.7. The Balaban J connectivity index is 1.33. The molecule has 8 heteroatoms. The minimum Gasteiger partial charge on any atom is -0.489 e. The molecule has 0 heterocycles. The summed E-state index contributed by atoms with van der Waals surface area (Å²) in [6.07, 6.45) is 0. The summed E-state index contributed by atoms with van der Waals surface area (Å²) in [5.74, 6) is -0.317. The molecule has 3 N–H and O–H groups in total. The standard InChI is InChI=1S/C26H27N3O5/c1-18-12-19(2)14-21(13-18)26(32)27-15-24(30)28-29-25(31)17-34-23-10-8-22(9-11-23)33-16-20-6-4-3-5-7-20/h3-14H,15-17H2,1-2H3,(H,27,32)(H,28,30)(H,29,31). The first kappa shape index (κ1) is 24.3. The number of hydrogen-bond acceptors (Lipinski definition) is 5. The molecule has 0 fully saturated rings. The topological polar surface area (TPSA) is 106 Å². The van der Waals surface area contributed by atoms with Crippen LogP contribution in [0.2, 0.25) is 0 Å². The third-order valence-corrected chi connectivity index (χ3v) is 4.68. The fourth-order valence-corrected chi connectivity index (χ4v) is 3.11. The summed E-state index contributed by atoms with van der Waals surface area (Å²) in [6.45, 7) is 3.66. The van der Waals surface area contributed by atoms with Gasteiger partial charge in [-0.3, -0.25) is 25.2 Å². The van der Waals surface area contributed by atoms with E-state index in [0.717, 1.165) is 16.7 Å². The van der Waals surface area contributed by atoms with Gasteiger partial charge in [-0.15, -0.1) is 0 Å². The van der Waals surface area contributed by atoms with E-state index in [0.29, 0.717) is 23.7 Å². The predicted octanol–water partition coefficient (Wildman–Crippen LogP) is 2.84. The number of hydrazine groups is 1. The molecule has 34 heavy (non-hydrogen) atoms. The average Bonchev–Trinajstić information content (AvgIpc) is 2.84. The Labute approximate surface area is 198 Å². The number of amides is 3. The lowest BCUT2D eigenvalue weighted by molar-refractivity contribution is -0.129. The van der Waals surface area contributed by atoms with Gasteiger partial charge >= 0.3 is 0 Å². The molecule has 3 aromatic rings. The van der Waals surface area contributed by atoms with Crippen molar-refractivity contribution >= 4 is 17.7 Å². The monoisotopic (exact) mass is 461 g/mol. The van der Waals surface area contributed by atoms with Gasteiger partial charge in [0.15, 0.2) is 6.61 Å². The second-order valence-electron chi connectivity index (χ2n) is 7.69. The van der Waals surface area contributed by atoms with Gasteiger partial charge in [0.25, 0.3) is 17.7 Å². The molecule has 0 saturated heterocycles. The highest BCUT2D eigenvalue weighted by atomic mass is 16.5. The number of carbonyl (C=O) groups is 3. The molecule has 0 aliphatic rings. The molecular weight excluding hydrogens is 434 g/mol. The molecule has 0 bridgehead atoms. The molecule has 176 valence electrons. The Morgan fingerprint density at radius 2 is 1.32 bits per heavy atom. The molecule has 3 amide bonds. The van der Waals surface area contributed by atoms with E-state index < -0.39 is 11.8 Å². The molecule has 8 nitrogen and oxygen atoms in total. The van der Waals surface area contributed by atoms with E-state index in [1.54, 1.807) is 36.4 Å². The number of benzene rings is 3. The highest BCUT2D eigenvalue weighted by molar-refractivity contribution is 5.97. The first-order chi connectivity index (χ1) is 16.4. The summed E-state index contributed by atoms with van der Waals surface area (Å²) in [5.41, 5.74) is 7.92. The van der Waals surface area contributed by atoms with Crippen LogP contribution in [0.15, 0.2) is 72.8 Å². The second kappa shape index (κ2) is 12.1. The summed E-state index contributed by atoms with van der Waals surface area (Å²) in [7, 11) is 0. The van der Waals surface area contributed by atoms with Gasteiger partial charge in [0.1, 0.15) is 18.1 Å². The first-order valence-electron chi connectivity index (χ1n) is 10.7. The van der Waals surface area contributed by atoms with Crippen molar-refractivity contribution in [2.45, 2.75) is 20.5 Å². The van der Waals surface area contributed by atoms with Gasteiger partial charge in [-0.05, 0) is 55.8 Å². The molecule has 3 aromatic carbocycles. The highest BCUT2D eigenvalue weighted by Crippen LogP contribution is 2.18. The normalized spacial score (nSPS) is 10.2. The number of hydrogen-bond donors (Lipinski definition) is 3. The summed E-state index contributed by atoms with van der Waals surface area (Å²) < 4.78 is 11.1. The van der Waals surface area contributed by atoms with Crippen LogP contribution in [0, 0.1) is 13.8 Å². The zero-order valence-electron chi connectivity index (χ0n) is 19.1. The molecule has 0 atom stereocenters. The molecule has 0 aliphatic heterocycles. The number of aryl methyl sites for hydroxylation is 2. The maximum absolute atomic E-state index is 12.2. The quantitative estimate of drug-likeness (QED) is 0.425. The van der Waals surface area contributed by atoms with Crippen LogP contribution in [-0.2, 0) is 16.2 Å². The van der Waals surface area contributed by atoms with Crippen LogP contribution < -0.4 is 25.6 Å². The second-order valence-corrected chi connectivity index (χ2v) is 7.69. The van der Waals surface area contributed by atoms with Gasteiger partial charge in [-0.2, -0.15) is 0 Å². The van der Waals surface area contributed by atoms with Crippen molar-refractivity contribution in [2.75, 3.05) is 13.2 Å². The number of ether oxygens (including phenoxy) is 2. The average molecular weight is 462 g/mol. The Morgan fingerprint density at radius 3 is 1.97 bits per heavy atom. The van der Waals surface area contributed by atoms with Gasteiger partial charge in [0, 0.05) is 5.56 Å². The Kier molecular flexibility index (Phi) is 8.62. The van der Waals surface area contributed by atoms with Gasteiger partial charge in [-0.1, -0.05) is 47.5 Å². The van der Waals surface area contributed by atoms with Crippen LogP contribution in [0.5, 0.6) is 11.5 Å². The maximum atomic E-state index is 12.2. The Hall–Kier alpha value is -4.33. The van der Waals surface area contributed by atoms with E-state index in [4.69, 9.17) is 9.47 Å². The van der Waals surface area contributed by atoms with E-state index in [-0.39, 0.29) is 19.1 Å². The van der Waals surface area contributed by atoms with E-state index >= 15 is 0 Å². The summed E-state index contributed by atoms with van der Waals surface area (Å²) in [5, 5.41) is 2.52. The van der Waals surface area contributed by atoms with Crippen LogP contribution in [-0.4, -0.2) is 30.9 Å². The smallest absolute Gasteiger partial charge is 0.276 e. The lowest BCUT2D eigenvalue weighted by atomic mass is 10.1. The van der Waals surface area contributed by atoms with Gasteiger partial charge in [0.2, 0.25) is 0 Å². The zero-order valence-corrected chi connectivity index (χ0v) is 19.1. The largest absolute Gasteiger partial charge is 0.489 e. The van der Waals surface area contributed by atoms with Crippen molar-refractivity contribution in [1.82, 2.24) is 16.2 Å². The molecule has 0 spiro atoms. The van der Waals surface area contributed by atoms with E-state index in [1.807, 2.05) is 50.2 Å². The van der Waals surface area contributed by atoms with Crippen molar-refractivity contribution in [3.63, 3.8) is 0 Å². The van der Waals surface area contributed by atoms with Crippen molar-refractivity contribution < 1.29 is 23.9 Å². The number of carbonyl (C=O) groups excluding carboxylic acids is 3. The summed E-state index contributed by atoms with van der Waals surface area (Å²) in [4.78, 5) is 36.0. The van der Waals surface area contributed by atoms with Crippen molar-refractivity contribution in [2.24, 2.45) is 0 Å². The minimum absolute atomic E-state index is 0.280. The fourth-order valence-electron chi connectivity index (χ4n) is 3.11. The van der Waals surface area contributed by atoms with E-state index in [2.05, 4.69) is 16.2 Å². The molecule has 0 unspecified atom stereocenters. The minimum atomic E-state index is -0.564. The lowest BCUT2D eigenvalue weighted by Crippen LogP contribution is -2.47. The number of nitrogens with one attached hydrogen (secondary N) is 3. The molecule has 0 aromatic heterocycles. The zero-order chi connectivity index (χ0) is 24.3. The van der Waals surface area contributed by atoms with E-state index in [1.165, 1.54) is 0 Å². The van der Waals surface area contributed by atoms with Gasteiger partial charge in [-0.25, -0.2) is 0 Å². The van der Waals surface area contributed by atoms with Crippen LogP contribution in [0.1, 0.15) is 27.0 Å². The summed E-state index contributed by atoms with van der Waals surface area (Å²) >= 11 is 0. The lowest BCUT2D eigenvalue weighted by Gasteiger charge is -2.11. The molecular formula is C26H27N3O5. The van der Waals surface area contributed by atoms with Gasteiger partial charge in [0.05, 0.1) is 6.54 Å². The third kappa shape index (κ3) is 7.98. The summed E-state index contributed by atoms with van der Waals surface area (Å²) in [6, 6.07) is 22.1. The fraction of sp³-hybridized carbons (Fsp3) is 0.192. The third-order valence-electron chi connectivity index (χ3n) is 4.68. The Bertz CT molecular complexity index is 1110. The van der Waals surface area contributed by atoms with Crippen LogP contribution in [0.25, 0.3) is 0 Å². The number of rotatable bonds is 9. The Morgan fingerprint density at radius 1 is 0.735 bits per heavy atom. The van der Waals surface area contributed by atoms with E-state index in [9.17, 15) is 14.4 Å². The van der Waals surface area contributed by atoms with Crippen LogP contribution >= 0.6 is 0 Å². The molecule has 0 radical (unpaired) electrons. The molecule has 0 saturated carbocycles. The van der Waals surface area contributed by atoms with Crippen molar-refractivity contribution in [3.05, 3.63) is 95.1 Å². The highest BCUT2D eigenvalue weighted by Gasteiger charge is 2.10.